The fourth-order valence-corrected chi connectivity index (χ4v) is 3.63. The molecule has 2 heterocycles. The molecule has 0 aromatic carbocycles. The molecular weight excluding hydrogens is 420 g/mol. The minimum atomic E-state index is -0.636. The molecule has 2 aliphatic rings. The number of carbonyl (C=O) groups is 6. The van der Waals surface area contributed by atoms with Crippen molar-refractivity contribution >= 4 is 35.3 Å². The van der Waals surface area contributed by atoms with Crippen LogP contribution in [0.15, 0.2) is 0 Å². The summed E-state index contributed by atoms with van der Waals surface area (Å²) in [5.74, 6) is -2.09. The lowest BCUT2D eigenvalue weighted by atomic mass is 10.0. The Labute approximate surface area is 187 Å². The van der Waals surface area contributed by atoms with E-state index in [4.69, 9.17) is 9.47 Å². The highest BCUT2D eigenvalue weighted by atomic mass is 16.5. The molecule has 0 aromatic rings. The van der Waals surface area contributed by atoms with Crippen molar-refractivity contribution in [2.45, 2.75) is 89.1 Å². The van der Waals surface area contributed by atoms with Crippen molar-refractivity contribution in [3.05, 3.63) is 0 Å². The highest BCUT2D eigenvalue weighted by Crippen LogP contribution is 2.11. The van der Waals surface area contributed by atoms with E-state index in [2.05, 4.69) is 10.6 Å². The van der Waals surface area contributed by atoms with Gasteiger partial charge in [0.05, 0.1) is 26.1 Å². The summed E-state index contributed by atoms with van der Waals surface area (Å²) >= 11 is 0. The second-order valence-corrected chi connectivity index (χ2v) is 8.20. The molecule has 2 amide bonds. The third-order valence-corrected chi connectivity index (χ3v) is 5.42. The molecule has 2 saturated heterocycles. The molecule has 32 heavy (non-hydrogen) atoms. The van der Waals surface area contributed by atoms with Crippen LogP contribution in [0.1, 0.15) is 77.0 Å². The first-order valence-electron chi connectivity index (χ1n) is 11.3. The zero-order valence-corrected chi connectivity index (χ0v) is 18.3. The van der Waals surface area contributed by atoms with Gasteiger partial charge in [0, 0.05) is 25.7 Å². The molecule has 178 valence electrons. The second-order valence-electron chi connectivity index (χ2n) is 8.20. The lowest BCUT2D eigenvalue weighted by molar-refractivity contribution is -0.142. The Balaban J connectivity index is 1.41. The van der Waals surface area contributed by atoms with Crippen LogP contribution in [0.2, 0.25) is 0 Å². The first-order valence-corrected chi connectivity index (χ1v) is 11.3. The number of unbranched alkanes of at least 4 members (excludes halogenated alkanes) is 5. The Bertz CT molecular complexity index is 661. The predicted molar refractivity (Wildman–Crippen MR) is 111 cm³/mol. The molecule has 2 fully saturated rings. The third kappa shape index (κ3) is 9.57. The maximum atomic E-state index is 11.9. The van der Waals surface area contributed by atoms with Crippen LogP contribution < -0.4 is 10.6 Å². The summed E-state index contributed by atoms with van der Waals surface area (Å²) in [7, 11) is 0. The number of ether oxygens (including phenoxy) is 2. The summed E-state index contributed by atoms with van der Waals surface area (Å²) in [5, 5.41) is 5.03. The van der Waals surface area contributed by atoms with Crippen molar-refractivity contribution in [1.29, 1.82) is 0 Å². The van der Waals surface area contributed by atoms with Crippen LogP contribution in [0.4, 0.5) is 0 Å². The number of Topliss-reactive ketones (excluding diaryl/α,β-unsaturated/α-hetero) is 2. The molecule has 0 aromatic heterocycles. The lowest BCUT2D eigenvalue weighted by Gasteiger charge is -2.08. The van der Waals surface area contributed by atoms with Gasteiger partial charge in [0.15, 0.2) is 0 Å². The molecule has 2 atom stereocenters. The molecule has 2 unspecified atom stereocenters. The van der Waals surface area contributed by atoms with Gasteiger partial charge in [0.25, 0.3) is 0 Å². The van der Waals surface area contributed by atoms with E-state index in [1.807, 2.05) is 0 Å². The van der Waals surface area contributed by atoms with Crippen molar-refractivity contribution in [2.75, 3.05) is 13.2 Å². The van der Waals surface area contributed by atoms with Crippen LogP contribution in [0.3, 0.4) is 0 Å². The Kier molecular flexibility index (Phi) is 10.8. The number of cyclic esters (lactones) is 2. The molecule has 10 nitrogen and oxygen atoms in total. The zero-order chi connectivity index (χ0) is 23.3. The first kappa shape index (κ1) is 25.5. The minimum absolute atomic E-state index is 0.149. The van der Waals surface area contributed by atoms with Gasteiger partial charge in [-0.15, -0.1) is 0 Å². The summed E-state index contributed by atoms with van der Waals surface area (Å²) in [5.41, 5.74) is 0. The zero-order valence-electron chi connectivity index (χ0n) is 18.3. The topological polar surface area (TPSA) is 145 Å². The van der Waals surface area contributed by atoms with Crippen molar-refractivity contribution in [1.82, 2.24) is 10.6 Å². The van der Waals surface area contributed by atoms with Gasteiger partial charge in [-0.05, 0) is 12.8 Å². The summed E-state index contributed by atoms with van der Waals surface area (Å²) < 4.78 is 9.52. The molecule has 2 aliphatic heterocycles. The monoisotopic (exact) mass is 452 g/mol. The van der Waals surface area contributed by atoms with Crippen LogP contribution in [-0.4, -0.2) is 60.6 Å². The average Bonchev–Trinajstić information content (AvgIpc) is 3.31. The largest absolute Gasteiger partial charge is 0.464 e. The van der Waals surface area contributed by atoms with Gasteiger partial charge in [0.2, 0.25) is 11.8 Å². The first-order chi connectivity index (χ1) is 15.3. The van der Waals surface area contributed by atoms with Crippen LogP contribution in [0.25, 0.3) is 0 Å². The number of nitrogens with one attached hydrogen (secondary N) is 2. The SMILES string of the molecule is O=C(CCCCCCCCC(=O)CC(=O)NC1CCOC1=O)CC(=O)NC1CCOC1=O. The van der Waals surface area contributed by atoms with E-state index in [9.17, 15) is 28.8 Å². The van der Waals surface area contributed by atoms with Gasteiger partial charge in [-0.1, -0.05) is 25.7 Å². The molecule has 2 N–H and O–H groups in total. The lowest BCUT2D eigenvalue weighted by Crippen LogP contribution is -2.38. The summed E-state index contributed by atoms with van der Waals surface area (Å²) in [6, 6.07) is -1.27. The van der Waals surface area contributed by atoms with Gasteiger partial charge in [0.1, 0.15) is 23.7 Å². The van der Waals surface area contributed by atoms with Crippen molar-refractivity contribution < 1.29 is 38.2 Å². The van der Waals surface area contributed by atoms with Crippen LogP contribution >= 0.6 is 0 Å². The normalized spacial score (nSPS) is 19.9. The van der Waals surface area contributed by atoms with Crippen LogP contribution in [0.5, 0.6) is 0 Å². The number of hydrogen-bond acceptors (Lipinski definition) is 8. The fraction of sp³-hybridized carbons (Fsp3) is 0.727. The Morgan fingerprint density at radius 1 is 0.656 bits per heavy atom. The van der Waals surface area contributed by atoms with Gasteiger partial charge in [-0.3, -0.25) is 19.2 Å². The molecular formula is C22H32N2O8. The summed E-state index contributed by atoms with van der Waals surface area (Å²) in [6.45, 7) is 0.583. The number of amides is 2. The van der Waals surface area contributed by atoms with E-state index < -0.39 is 35.8 Å². The molecule has 0 spiro atoms. The third-order valence-electron chi connectivity index (χ3n) is 5.42. The van der Waals surface area contributed by atoms with Crippen molar-refractivity contribution in [3.63, 3.8) is 0 Å². The maximum Gasteiger partial charge on any atom is 0.328 e. The van der Waals surface area contributed by atoms with Gasteiger partial charge in [-0.2, -0.15) is 0 Å². The van der Waals surface area contributed by atoms with Gasteiger partial charge >= 0.3 is 11.9 Å². The predicted octanol–water partition coefficient (Wildman–Crippen LogP) is 0.889. The summed E-state index contributed by atoms with van der Waals surface area (Å²) in [6.07, 6.45) is 6.03. The fourth-order valence-electron chi connectivity index (χ4n) is 3.63. The van der Waals surface area contributed by atoms with E-state index in [0.29, 0.717) is 51.7 Å². The van der Waals surface area contributed by atoms with Crippen LogP contribution in [0, 0.1) is 0 Å². The maximum absolute atomic E-state index is 11.9. The highest BCUT2D eigenvalue weighted by Gasteiger charge is 2.29. The van der Waals surface area contributed by atoms with Crippen LogP contribution in [-0.2, 0) is 38.2 Å². The van der Waals surface area contributed by atoms with Gasteiger partial charge < -0.3 is 20.1 Å². The molecule has 0 aliphatic carbocycles. The number of carbonyl (C=O) groups excluding carboxylic acids is 6. The van der Waals surface area contributed by atoms with E-state index in [1.165, 1.54) is 0 Å². The van der Waals surface area contributed by atoms with E-state index >= 15 is 0 Å². The molecule has 0 saturated carbocycles. The molecule has 2 rings (SSSR count). The molecule has 0 radical (unpaired) electrons. The van der Waals surface area contributed by atoms with E-state index in [1.54, 1.807) is 0 Å². The quantitative estimate of drug-likeness (QED) is 0.212. The number of esters is 2. The number of hydrogen-bond donors (Lipinski definition) is 2. The average molecular weight is 453 g/mol. The Morgan fingerprint density at radius 2 is 1.03 bits per heavy atom. The second kappa shape index (κ2) is 13.6. The van der Waals surface area contributed by atoms with E-state index in [-0.39, 0.29) is 24.4 Å². The van der Waals surface area contributed by atoms with Gasteiger partial charge in [-0.25, -0.2) is 9.59 Å². The molecule has 10 heteroatoms. The number of rotatable bonds is 15. The van der Waals surface area contributed by atoms with Crippen molar-refractivity contribution in [2.24, 2.45) is 0 Å². The smallest absolute Gasteiger partial charge is 0.328 e. The standard InChI is InChI=1S/C22H32N2O8/c25-15(13-19(27)23-17-9-11-31-21(17)29)7-5-3-1-2-4-6-8-16(26)14-20(28)24-18-10-12-32-22(18)30/h17-18H,1-14H2,(H,23,27)(H,24,28). The highest BCUT2D eigenvalue weighted by molar-refractivity contribution is 6.00. The van der Waals surface area contributed by atoms with E-state index in [0.717, 1.165) is 25.7 Å². The van der Waals surface area contributed by atoms with Crippen molar-refractivity contribution in [3.8, 4) is 0 Å². The Morgan fingerprint density at radius 3 is 1.38 bits per heavy atom. The molecule has 0 bridgehead atoms. The number of ketones is 2. The minimum Gasteiger partial charge on any atom is -0.464 e. The summed E-state index contributed by atoms with van der Waals surface area (Å²) in [4.78, 5) is 69.9. The Hall–Kier alpha value is -2.78.